The number of rotatable bonds is 14. The Hall–Kier alpha value is -2.35. The molecule has 25 heavy (non-hydrogen) atoms. The van der Waals surface area contributed by atoms with Gasteiger partial charge in [0, 0.05) is 13.7 Å². The molecular weight excluding hydrogens is 322 g/mol. The van der Waals surface area contributed by atoms with Crippen LogP contribution in [-0.2, 0) is 19.0 Å². The number of unbranched alkanes of at least 4 members (excludes halogenated alkanes) is 2. The molecule has 0 aromatic rings. The topological polar surface area (TPSA) is 95.6 Å². The molecule has 0 aliphatic heterocycles. The van der Waals surface area contributed by atoms with E-state index in [0.717, 1.165) is 13.0 Å². The molecule has 0 bridgehead atoms. The Morgan fingerprint density at radius 3 is 2.32 bits per heavy atom. The average molecular weight is 349 g/mol. The number of esters is 1. The fourth-order valence-corrected chi connectivity index (χ4v) is 1.68. The zero-order valence-corrected chi connectivity index (χ0v) is 15.1. The summed E-state index contributed by atoms with van der Waals surface area (Å²) in [5, 5.41) is 17.2. The standard InChI is InChI=1S/C18H27N3O4/c1-3-4-5-9-23-10-11-24-12-13-25-18(22)16-21(2)8-6-7-17(14-19)15-20/h6-8H,3-5,9-13,16H2,1-2H3/b8-6+. The van der Waals surface area contributed by atoms with Crippen molar-refractivity contribution in [1.82, 2.24) is 4.90 Å². The SMILES string of the molecule is CCCCCOCCOCCOC(=O)CN(C)/C=C/C=C(C#N)C#N. The van der Waals surface area contributed by atoms with Gasteiger partial charge in [-0.1, -0.05) is 19.8 Å². The van der Waals surface area contributed by atoms with E-state index in [2.05, 4.69) is 6.92 Å². The minimum atomic E-state index is -0.378. The van der Waals surface area contributed by atoms with Crippen molar-refractivity contribution in [2.45, 2.75) is 26.2 Å². The van der Waals surface area contributed by atoms with Crippen LogP contribution in [0.4, 0.5) is 0 Å². The average Bonchev–Trinajstić information content (AvgIpc) is 2.60. The van der Waals surface area contributed by atoms with Crippen LogP contribution in [0.5, 0.6) is 0 Å². The molecule has 0 amide bonds. The van der Waals surface area contributed by atoms with Crippen LogP contribution in [0.2, 0.25) is 0 Å². The Labute approximate surface area is 150 Å². The van der Waals surface area contributed by atoms with E-state index in [1.165, 1.54) is 25.0 Å². The quantitative estimate of drug-likeness (QED) is 0.205. The van der Waals surface area contributed by atoms with E-state index < -0.39 is 0 Å². The molecule has 0 aromatic heterocycles. The summed E-state index contributed by atoms with van der Waals surface area (Å²) in [5.74, 6) is -0.378. The third-order valence-electron chi connectivity index (χ3n) is 2.98. The van der Waals surface area contributed by atoms with Gasteiger partial charge < -0.3 is 19.1 Å². The molecule has 0 radical (unpaired) electrons. The van der Waals surface area contributed by atoms with Gasteiger partial charge in [0.2, 0.25) is 0 Å². The highest BCUT2D eigenvalue weighted by atomic mass is 16.6. The van der Waals surface area contributed by atoms with E-state index >= 15 is 0 Å². The molecule has 0 saturated heterocycles. The Bertz CT molecular complexity index is 487. The second-order valence-electron chi connectivity index (χ2n) is 5.21. The van der Waals surface area contributed by atoms with Gasteiger partial charge in [-0.05, 0) is 24.8 Å². The number of nitrogens with zero attached hydrogens (tertiary/aromatic N) is 3. The molecule has 0 N–H and O–H groups in total. The van der Waals surface area contributed by atoms with Gasteiger partial charge in [-0.25, -0.2) is 0 Å². The molecular formula is C18H27N3O4. The van der Waals surface area contributed by atoms with Crippen molar-refractivity contribution in [2.24, 2.45) is 0 Å². The lowest BCUT2D eigenvalue weighted by Crippen LogP contribution is -2.24. The number of carbonyl (C=O) groups excluding carboxylic acids is 1. The van der Waals surface area contributed by atoms with Crippen molar-refractivity contribution < 1.29 is 19.0 Å². The number of carbonyl (C=O) groups is 1. The van der Waals surface area contributed by atoms with Gasteiger partial charge in [-0.15, -0.1) is 0 Å². The highest BCUT2D eigenvalue weighted by molar-refractivity contribution is 5.71. The number of nitriles is 2. The lowest BCUT2D eigenvalue weighted by atomic mass is 10.3. The zero-order chi connectivity index (χ0) is 18.8. The molecule has 0 unspecified atom stereocenters. The first-order valence-electron chi connectivity index (χ1n) is 8.34. The molecule has 7 nitrogen and oxygen atoms in total. The van der Waals surface area contributed by atoms with Crippen LogP contribution < -0.4 is 0 Å². The maximum absolute atomic E-state index is 11.6. The number of likely N-dealkylation sites (N-methyl/N-ethyl adjacent to an activating group) is 1. The molecule has 0 aliphatic rings. The second kappa shape index (κ2) is 16.5. The Kier molecular flexibility index (Phi) is 15.0. The third kappa shape index (κ3) is 14.9. The monoisotopic (exact) mass is 349 g/mol. The molecule has 0 fully saturated rings. The molecule has 0 rings (SSSR count). The van der Waals surface area contributed by atoms with Gasteiger partial charge in [-0.3, -0.25) is 4.79 Å². The zero-order valence-electron chi connectivity index (χ0n) is 15.1. The van der Waals surface area contributed by atoms with Gasteiger partial charge in [0.25, 0.3) is 0 Å². The van der Waals surface area contributed by atoms with Crippen LogP contribution in [0.1, 0.15) is 26.2 Å². The Morgan fingerprint density at radius 1 is 1.04 bits per heavy atom. The molecule has 7 heteroatoms. The minimum Gasteiger partial charge on any atom is -0.462 e. The van der Waals surface area contributed by atoms with Crippen LogP contribution in [0.15, 0.2) is 23.9 Å². The van der Waals surface area contributed by atoms with Crippen LogP contribution in [0, 0.1) is 22.7 Å². The third-order valence-corrected chi connectivity index (χ3v) is 2.98. The van der Waals surface area contributed by atoms with Crippen LogP contribution >= 0.6 is 0 Å². The summed E-state index contributed by atoms with van der Waals surface area (Å²) in [7, 11) is 1.69. The fourth-order valence-electron chi connectivity index (χ4n) is 1.68. The maximum atomic E-state index is 11.6. The molecule has 0 aromatic carbocycles. The number of hydrogen-bond donors (Lipinski definition) is 0. The molecule has 0 aliphatic carbocycles. The van der Waals surface area contributed by atoms with Gasteiger partial charge in [0.15, 0.2) is 0 Å². The smallest absolute Gasteiger partial charge is 0.325 e. The summed E-state index contributed by atoms with van der Waals surface area (Å²) in [6.07, 6.45) is 7.91. The van der Waals surface area contributed by atoms with Crippen LogP contribution in [0.3, 0.4) is 0 Å². The van der Waals surface area contributed by atoms with Crippen molar-refractivity contribution in [3.8, 4) is 12.1 Å². The summed E-state index contributed by atoms with van der Waals surface area (Å²) in [5.41, 5.74) is -0.00119. The summed E-state index contributed by atoms with van der Waals surface area (Å²) in [6, 6.07) is 3.49. The van der Waals surface area contributed by atoms with Crippen molar-refractivity contribution in [1.29, 1.82) is 10.5 Å². The Balaban J connectivity index is 3.64. The Morgan fingerprint density at radius 2 is 1.68 bits per heavy atom. The maximum Gasteiger partial charge on any atom is 0.325 e. The van der Waals surface area contributed by atoms with Gasteiger partial charge in [0.1, 0.15) is 30.9 Å². The summed E-state index contributed by atoms with van der Waals surface area (Å²) >= 11 is 0. The van der Waals surface area contributed by atoms with E-state index in [0.29, 0.717) is 19.8 Å². The van der Waals surface area contributed by atoms with Crippen molar-refractivity contribution in [2.75, 3.05) is 46.6 Å². The van der Waals surface area contributed by atoms with E-state index in [1.807, 2.05) is 0 Å². The largest absolute Gasteiger partial charge is 0.462 e. The van der Waals surface area contributed by atoms with E-state index in [4.69, 9.17) is 24.7 Å². The molecule has 0 atom stereocenters. The first kappa shape index (κ1) is 22.6. The second-order valence-corrected chi connectivity index (χ2v) is 5.21. The first-order chi connectivity index (χ1) is 12.1. The van der Waals surface area contributed by atoms with Crippen LogP contribution in [-0.4, -0.2) is 57.5 Å². The highest BCUT2D eigenvalue weighted by Gasteiger charge is 2.04. The predicted octanol–water partition coefficient (Wildman–Crippen LogP) is 2.17. The number of hydrogen-bond acceptors (Lipinski definition) is 7. The van der Waals surface area contributed by atoms with Crippen molar-refractivity contribution >= 4 is 5.97 Å². The van der Waals surface area contributed by atoms with E-state index in [-0.39, 0.29) is 24.7 Å². The minimum absolute atomic E-state index is 0.00119. The normalized spacial score (nSPS) is 10.1. The highest BCUT2D eigenvalue weighted by Crippen LogP contribution is 1.94. The number of allylic oxidation sites excluding steroid dienone is 3. The van der Waals surface area contributed by atoms with Crippen molar-refractivity contribution in [3.63, 3.8) is 0 Å². The first-order valence-corrected chi connectivity index (χ1v) is 8.34. The lowest BCUT2D eigenvalue weighted by Gasteiger charge is -2.12. The summed E-state index contributed by atoms with van der Waals surface area (Å²) < 4.78 is 15.7. The lowest BCUT2D eigenvalue weighted by molar-refractivity contribution is -0.145. The predicted molar refractivity (Wildman–Crippen MR) is 93.2 cm³/mol. The van der Waals surface area contributed by atoms with Gasteiger partial charge >= 0.3 is 5.97 Å². The molecule has 0 saturated carbocycles. The van der Waals surface area contributed by atoms with E-state index in [1.54, 1.807) is 30.3 Å². The molecule has 0 spiro atoms. The fraction of sp³-hybridized carbons (Fsp3) is 0.611. The molecule has 0 heterocycles. The van der Waals surface area contributed by atoms with Crippen LogP contribution in [0.25, 0.3) is 0 Å². The number of ether oxygens (including phenoxy) is 3. The summed E-state index contributed by atoms with van der Waals surface area (Å²) in [4.78, 5) is 13.2. The van der Waals surface area contributed by atoms with E-state index in [9.17, 15) is 4.79 Å². The summed E-state index contributed by atoms with van der Waals surface area (Å²) in [6.45, 7) is 4.53. The van der Waals surface area contributed by atoms with Gasteiger partial charge in [0.05, 0.1) is 19.8 Å². The van der Waals surface area contributed by atoms with Gasteiger partial charge in [-0.2, -0.15) is 10.5 Å². The molecule has 138 valence electrons. The van der Waals surface area contributed by atoms with Crippen molar-refractivity contribution in [3.05, 3.63) is 23.9 Å².